The van der Waals surface area contributed by atoms with Crippen LogP contribution in [0.25, 0.3) is 20.0 Å². The number of hydrogen-bond donors (Lipinski definition) is 0. The number of carbonyl (C=O) groups is 1. The number of nitriles is 1. The Morgan fingerprint density at radius 2 is 2.23 bits per heavy atom. The van der Waals surface area contributed by atoms with Crippen LogP contribution < -0.4 is 0 Å². The second-order valence-electron chi connectivity index (χ2n) is 4.60. The Bertz CT molecular complexity index is 903. The molecule has 0 atom stereocenters. The van der Waals surface area contributed by atoms with E-state index in [1.807, 2.05) is 18.2 Å². The highest BCUT2D eigenvalue weighted by atomic mass is 32.1. The van der Waals surface area contributed by atoms with E-state index in [1.165, 1.54) is 22.7 Å². The fourth-order valence-corrected chi connectivity index (χ4v) is 4.27. The number of thiazole rings is 1. The summed E-state index contributed by atoms with van der Waals surface area (Å²) in [4.78, 5) is 17.9. The normalized spacial score (nSPS) is 10.6. The number of benzene rings is 1. The number of rotatable bonds is 3. The third-order valence-corrected chi connectivity index (χ3v) is 5.62. The average molecular weight is 328 g/mol. The lowest BCUT2D eigenvalue weighted by molar-refractivity contribution is 0.0531. The summed E-state index contributed by atoms with van der Waals surface area (Å²) in [7, 11) is 0. The highest BCUT2D eigenvalue weighted by Gasteiger charge is 2.18. The van der Waals surface area contributed by atoms with Gasteiger partial charge in [0.1, 0.15) is 16.0 Å². The molecular weight excluding hydrogens is 316 g/mol. The third-order valence-electron chi connectivity index (χ3n) is 3.13. The summed E-state index contributed by atoms with van der Waals surface area (Å²) in [6.07, 6.45) is 0. The molecule has 0 aliphatic heterocycles. The van der Waals surface area contributed by atoms with Crippen molar-refractivity contribution in [3.8, 4) is 16.0 Å². The van der Waals surface area contributed by atoms with Crippen molar-refractivity contribution in [2.75, 3.05) is 6.61 Å². The lowest BCUT2D eigenvalue weighted by atomic mass is 10.2. The molecule has 0 aliphatic carbocycles. The Labute approximate surface area is 135 Å². The molecule has 3 aromatic rings. The van der Waals surface area contributed by atoms with E-state index in [4.69, 9.17) is 4.74 Å². The van der Waals surface area contributed by atoms with Crippen LogP contribution in [0.5, 0.6) is 0 Å². The monoisotopic (exact) mass is 328 g/mol. The first kappa shape index (κ1) is 14.7. The lowest BCUT2D eigenvalue weighted by Gasteiger charge is -1.97. The van der Waals surface area contributed by atoms with E-state index in [9.17, 15) is 10.1 Å². The Balaban J connectivity index is 2.07. The van der Waals surface area contributed by atoms with Gasteiger partial charge >= 0.3 is 5.97 Å². The first-order valence-electron chi connectivity index (χ1n) is 6.71. The lowest BCUT2D eigenvalue weighted by Crippen LogP contribution is -2.03. The van der Waals surface area contributed by atoms with Crippen LogP contribution >= 0.6 is 22.7 Å². The van der Waals surface area contributed by atoms with Crippen LogP contribution in [0.3, 0.4) is 0 Å². The van der Waals surface area contributed by atoms with Crippen LogP contribution in [0, 0.1) is 18.3 Å². The van der Waals surface area contributed by atoms with Crippen LogP contribution in [0.15, 0.2) is 24.3 Å². The number of carbonyl (C=O) groups excluding carboxylic acids is 1. The van der Waals surface area contributed by atoms with Gasteiger partial charge < -0.3 is 4.74 Å². The van der Waals surface area contributed by atoms with Gasteiger partial charge in [-0.2, -0.15) is 5.26 Å². The SMILES string of the molecule is CCOC(=O)c1sc(-c2cc3cccc(C#N)c3s2)nc1C. The molecule has 0 saturated carbocycles. The van der Waals surface area contributed by atoms with Gasteiger partial charge in [-0.15, -0.1) is 22.7 Å². The molecule has 6 heteroatoms. The summed E-state index contributed by atoms with van der Waals surface area (Å²) in [6.45, 7) is 3.94. The van der Waals surface area contributed by atoms with Crippen molar-refractivity contribution in [1.29, 1.82) is 5.26 Å². The first-order valence-corrected chi connectivity index (χ1v) is 8.35. The second kappa shape index (κ2) is 5.87. The van der Waals surface area contributed by atoms with Gasteiger partial charge in [0.2, 0.25) is 0 Å². The first-order chi connectivity index (χ1) is 10.6. The van der Waals surface area contributed by atoms with E-state index in [0.29, 0.717) is 22.7 Å². The molecule has 0 radical (unpaired) electrons. The van der Waals surface area contributed by atoms with Crippen molar-refractivity contribution in [3.63, 3.8) is 0 Å². The van der Waals surface area contributed by atoms with Gasteiger partial charge in [0.25, 0.3) is 0 Å². The molecule has 2 aromatic heterocycles. The number of ether oxygens (including phenoxy) is 1. The molecule has 22 heavy (non-hydrogen) atoms. The Hall–Kier alpha value is -2.23. The van der Waals surface area contributed by atoms with Crippen molar-refractivity contribution >= 4 is 38.7 Å². The van der Waals surface area contributed by atoms with Crippen molar-refractivity contribution < 1.29 is 9.53 Å². The predicted molar refractivity (Wildman–Crippen MR) is 88.3 cm³/mol. The smallest absolute Gasteiger partial charge is 0.350 e. The predicted octanol–water partition coefficient (Wildman–Crippen LogP) is 4.38. The Kier molecular flexibility index (Phi) is 3.92. The van der Waals surface area contributed by atoms with Gasteiger partial charge in [-0.1, -0.05) is 12.1 Å². The quantitative estimate of drug-likeness (QED) is 0.669. The molecule has 1 aromatic carbocycles. The van der Waals surface area contributed by atoms with Crippen molar-refractivity contribution in [1.82, 2.24) is 4.98 Å². The maximum absolute atomic E-state index is 11.9. The number of hydrogen-bond acceptors (Lipinski definition) is 6. The summed E-state index contributed by atoms with van der Waals surface area (Å²) in [5.41, 5.74) is 1.34. The summed E-state index contributed by atoms with van der Waals surface area (Å²) in [6, 6.07) is 9.86. The van der Waals surface area contributed by atoms with E-state index in [-0.39, 0.29) is 5.97 Å². The van der Waals surface area contributed by atoms with Gasteiger partial charge in [-0.25, -0.2) is 9.78 Å². The number of esters is 1. The van der Waals surface area contributed by atoms with E-state index in [1.54, 1.807) is 19.9 Å². The number of aryl methyl sites for hydroxylation is 1. The van der Waals surface area contributed by atoms with E-state index >= 15 is 0 Å². The maximum Gasteiger partial charge on any atom is 0.350 e. The van der Waals surface area contributed by atoms with E-state index in [2.05, 4.69) is 11.1 Å². The zero-order valence-corrected chi connectivity index (χ0v) is 13.7. The summed E-state index contributed by atoms with van der Waals surface area (Å²) in [5.74, 6) is -0.331. The molecule has 3 rings (SSSR count). The molecule has 0 fully saturated rings. The number of thiophene rings is 1. The van der Waals surface area contributed by atoms with Crippen LogP contribution in [0.2, 0.25) is 0 Å². The van der Waals surface area contributed by atoms with Crippen LogP contribution in [0.1, 0.15) is 27.9 Å². The van der Waals surface area contributed by atoms with Gasteiger partial charge in [0, 0.05) is 0 Å². The highest BCUT2D eigenvalue weighted by molar-refractivity contribution is 7.26. The van der Waals surface area contributed by atoms with Crippen LogP contribution in [0.4, 0.5) is 0 Å². The zero-order chi connectivity index (χ0) is 15.7. The van der Waals surface area contributed by atoms with Gasteiger partial charge in [0.15, 0.2) is 0 Å². The average Bonchev–Trinajstić information content (AvgIpc) is 3.10. The zero-order valence-electron chi connectivity index (χ0n) is 12.0. The standard InChI is InChI=1S/C16H12N2O2S2/c1-3-20-16(19)13-9(2)18-15(22-13)12-7-10-5-4-6-11(8-17)14(10)21-12/h4-7H,3H2,1-2H3. The third kappa shape index (κ3) is 2.49. The van der Waals surface area contributed by atoms with Crippen molar-refractivity contribution in [2.24, 2.45) is 0 Å². The molecular formula is C16H12N2O2S2. The van der Waals surface area contributed by atoms with Crippen molar-refractivity contribution in [2.45, 2.75) is 13.8 Å². The van der Waals surface area contributed by atoms with Crippen LogP contribution in [-0.2, 0) is 4.74 Å². The minimum Gasteiger partial charge on any atom is -0.462 e. The fourth-order valence-electron chi connectivity index (χ4n) is 2.14. The fraction of sp³-hybridized carbons (Fsp3) is 0.188. The molecule has 4 nitrogen and oxygen atoms in total. The summed E-state index contributed by atoms with van der Waals surface area (Å²) >= 11 is 2.85. The minimum absolute atomic E-state index is 0.331. The Morgan fingerprint density at radius 1 is 1.41 bits per heavy atom. The van der Waals surface area contributed by atoms with Crippen molar-refractivity contribution in [3.05, 3.63) is 40.4 Å². The second-order valence-corrected chi connectivity index (χ2v) is 6.65. The summed E-state index contributed by atoms with van der Waals surface area (Å²) in [5, 5.41) is 11.0. The number of fused-ring (bicyclic) bond motifs is 1. The molecule has 2 heterocycles. The molecule has 0 amide bonds. The molecule has 0 unspecified atom stereocenters. The maximum atomic E-state index is 11.9. The minimum atomic E-state index is -0.331. The largest absolute Gasteiger partial charge is 0.462 e. The number of nitrogens with zero attached hydrogens (tertiary/aromatic N) is 2. The van der Waals surface area contributed by atoms with Gasteiger partial charge in [0.05, 0.1) is 27.4 Å². The van der Waals surface area contributed by atoms with Gasteiger partial charge in [-0.3, -0.25) is 0 Å². The Morgan fingerprint density at radius 3 is 2.95 bits per heavy atom. The van der Waals surface area contributed by atoms with E-state index in [0.717, 1.165) is 20.0 Å². The molecule has 0 saturated heterocycles. The number of aromatic nitrogens is 1. The molecule has 0 spiro atoms. The molecule has 0 aliphatic rings. The van der Waals surface area contributed by atoms with E-state index < -0.39 is 0 Å². The van der Waals surface area contributed by atoms with Gasteiger partial charge in [-0.05, 0) is 31.4 Å². The molecule has 0 bridgehead atoms. The molecule has 110 valence electrons. The highest BCUT2D eigenvalue weighted by Crippen LogP contribution is 2.38. The molecule has 0 N–H and O–H groups in total. The van der Waals surface area contributed by atoms with Crippen LogP contribution in [-0.4, -0.2) is 17.6 Å². The summed E-state index contributed by atoms with van der Waals surface area (Å²) < 4.78 is 5.99. The topological polar surface area (TPSA) is 63.0 Å².